The lowest BCUT2D eigenvalue weighted by molar-refractivity contribution is -0.156. The predicted octanol–water partition coefficient (Wildman–Crippen LogP) is 3.27. The summed E-state index contributed by atoms with van der Waals surface area (Å²) in [4.78, 5) is 41.3. The van der Waals surface area contributed by atoms with E-state index in [1.54, 1.807) is 38.1 Å². The summed E-state index contributed by atoms with van der Waals surface area (Å²) in [5.41, 5.74) is 0.553. The highest BCUT2D eigenvalue weighted by Crippen LogP contribution is 2.46. The molecule has 174 valence electrons. The van der Waals surface area contributed by atoms with Crippen molar-refractivity contribution < 1.29 is 24.2 Å². The van der Waals surface area contributed by atoms with Crippen molar-refractivity contribution in [3.05, 3.63) is 41.4 Å². The number of esters is 1. The fraction of sp³-hybridized carbons (Fsp3) is 0.542. The summed E-state index contributed by atoms with van der Waals surface area (Å²) in [6, 6.07) is 5.28. The number of ether oxygens (including phenoxy) is 1. The Morgan fingerprint density at radius 2 is 1.91 bits per heavy atom. The topological polar surface area (TPSA) is 95.9 Å². The highest BCUT2D eigenvalue weighted by atomic mass is 35.5. The number of carbonyl (C=O) groups excluding carboxylic acids is 3. The van der Waals surface area contributed by atoms with Crippen LogP contribution >= 0.6 is 11.6 Å². The predicted molar refractivity (Wildman–Crippen MR) is 122 cm³/mol. The number of nitrogens with zero attached hydrogens (tertiary/aromatic N) is 1. The zero-order chi connectivity index (χ0) is 23.4. The molecule has 0 bridgehead atoms. The number of rotatable bonds is 8. The number of likely N-dealkylation sites (tertiary alicyclic amines) is 1. The lowest BCUT2D eigenvalue weighted by atomic mass is 9.69. The molecule has 3 rings (SSSR count). The molecule has 32 heavy (non-hydrogen) atoms. The number of amides is 2. The van der Waals surface area contributed by atoms with E-state index in [9.17, 15) is 19.5 Å². The molecule has 6 atom stereocenters. The van der Waals surface area contributed by atoms with Crippen LogP contribution in [0, 0.1) is 23.7 Å². The van der Waals surface area contributed by atoms with E-state index in [-0.39, 0.29) is 30.9 Å². The van der Waals surface area contributed by atoms with Crippen molar-refractivity contribution in [2.24, 2.45) is 23.7 Å². The Balaban J connectivity index is 1.99. The molecule has 0 spiro atoms. The van der Waals surface area contributed by atoms with Crippen molar-refractivity contribution >= 4 is 35.1 Å². The first-order valence-corrected chi connectivity index (χ1v) is 11.6. The van der Waals surface area contributed by atoms with Crippen LogP contribution in [0.15, 0.2) is 36.4 Å². The van der Waals surface area contributed by atoms with Gasteiger partial charge in [-0.3, -0.25) is 14.4 Å². The molecule has 1 aliphatic carbocycles. The van der Waals surface area contributed by atoms with E-state index in [1.807, 2.05) is 19.1 Å². The minimum absolute atomic E-state index is 0.131. The van der Waals surface area contributed by atoms with Crippen LogP contribution < -0.4 is 5.32 Å². The number of anilines is 1. The molecule has 0 unspecified atom stereocenters. The number of carbonyl (C=O) groups is 3. The molecule has 1 aromatic carbocycles. The average molecular weight is 463 g/mol. The number of aliphatic hydroxyl groups excluding tert-OH is 1. The number of hydrogen-bond acceptors (Lipinski definition) is 5. The summed E-state index contributed by atoms with van der Waals surface area (Å²) in [7, 11) is 0. The van der Waals surface area contributed by atoms with Gasteiger partial charge in [0.2, 0.25) is 11.8 Å². The normalized spacial score (nSPS) is 27.7. The van der Waals surface area contributed by atoms with E-state index in [4.69, 9.17) is 16.3 Å². The van der Waals surface area contributed by atoms with Gasteiger partial charge in [0.1, 0.15) is 6.04 Å². The van der Waals surface area contributed by atoms with Crippen molar-refractivity contribution in [2.75, 3.05) is 18.5 Å². The third-order valence-corrected chi connectivity index (χ3v) is 6.60. The van der Waals surface area contributed by atoms with Crippen LogP contribution in [0.5, 0.6) is 0 Å². The maximum Gasteiger partial charge on any atom is 0.310 e. The van der Waals surface area contributed by atoms with Crippen molar-refractivity contribution in [3.63, 3.8) is 0 Å². The van der Waals surface area contributed by atoms with Crippen molar-refractivity contribution in [2.45, 2.75) is 45.7 Å². The van der Waals surface area contributed by atoms with Crippen LogP contribution in [0.25, 0.3) is 0 Å². The van der Waals surface area contributed by atoms with E-state index in [1.165, 1.54) is 4.90 Å². The maximum absolute atomic E-state index is 13.6. The molecule has 8 heteroatoms. The molecule has 1 heterocycles. The van der Waals surface area contributed by atoms with Gasteiger partial charge >= 0.3 is 5.97 Å². The molecule has 7 nitrogen and oxygen atoms in total. The zero-order valence-electron chi connectivity index (χ0n) is 18.7. The van der Waals surface area contributed by atoms with Gasteiger partial charge in [0.25, 0.3) is 0 Å². The van der Waals surface area contributed by atoms with Gasteiger partial charge in [-0.2, -0.15) is 0 Å². The number of halogens is 1. The van der Waals surface area contributed by atoms with Gasteiger partial charge in [0, 0.05) is 16.6 Å². The molecule has 2 amide bonds. The Labute approximate surface area is 193 Å². The van der Waals surface area contributed by atoms with E-state index < -0.39 is 35.8 Å². The Hall–Kier alpha value is -2.38. The van der Waals surface area contributed by atoms with Crippen molar-refractivity contribution in [3.8, 4) is 0 Å². The lowest BCUT2D eigenvalue weighted by Gasteiger charge is -2.34. The van der Waals surface area contributed by atoms with Gasteiger partial charge in [0.05, 0.1) is 31.1 Å². The molecule has 1 aliphatic heterocycles. The fourth-order valence-corrected chi connectivity index (χ4v) is 5.06. The minimum atomic E-state index is -0.846. The van der Waals surface area contributed by atoms with Crippen LogP contribution in [0.2, 0.25) is 5.02 Å². The maximum atomic E-state index is 13.6. The molecule has 2 N–H and O–H groups in total. The number of benzene rings is 1. The molecular formula is C24H31ClN2O5. The average Bonchev–Trinajstić information content (AvgIpc) is 3.07. The van der Waals surface area contributed by atoms with E-state index >= 15 is 0 Å². The number of nitrogens with one attached hydrogen (secondary N) is 1. The monoisotopic (exact) mass is 462 g/mol. The standard InChI is InChI=1S/C24H31ClN2O5/c1-4-6-15-7-12-18-20(19(15)24(31)32-5-2)23(30)27(14(3)13-28)21(18)22(29)26-17-10-8-16(25)9-11-17/h7-12,14-15,18-21,28H,4-6,13H2,1-3H3,(H,26,29)/t14-,15-,18+,19-,20+,21+/m1/s1. The first kappa shape index (κ1) is 24.3. The van der Waals surface area contributed by atoms with E-state index in [0.717, 1.165) is 12.8 Å². The molecule has 1 saturated heterocycles. The van der Waals surface area contributed by atoms with Crippen LogP contribution in [-0.4, -0.2) is 53.1 Å². The smallest absolute Gasteiger partial charge is 0.310 e. The second-order valence-corrected chi connectivity index (χ2v) is 8.87. The van der Waals surface area contributed by atoms with Crippen LogP contribution in [-0.2, 0) is 19.1 Å². The van der Waals surface area contributed by atoms with Crippen LogP contribution in [0.1, 0.15) is 33.6 Å². The molecular weight excluding hydrogens is 432 g/mol. The van der Waals surface area contributed by atoms with Gasteiger partial charge < -0.3 is 20.1 Å². The Morgan fingerprint density at radius 3 is 2.50 bits per heavy atom. The van der Waals surface area contributed by atoms with Gasteiger partial charge in [-0.1, -0.05) is 37.1 Å². The van der Waals surface area contributed by atoms with Gasteiger partial charge in [-0.05, 0) is 50.5 Å². The Kier molecular flexibility index (Phi) is 7.96. The summed E-state index contributed by atoms with van der Waals surface area (Å²) in [5.74, 6) is -3.05. The summed E-state index contributed by atoms with van der Waals surface area (Å²) in [6.45, 7) is 5.40. The molecule has 0 radical (unpaired) electrons. The zero-order valence-corrected chi connectivity index (χ0v) is 19.4. The van der Waals surface area contributed by atoms with Crippen LogP contribution in [0.4, 0.5) is 5.69 Å². The van der Waals surface area contributed by atoms with Gasteiger partial charge in [0.15, 0.2) is 0 Å². The largest absolute Gasteiger partial charge is 0.466 e. The fourth-order valence-electron chi connectivity index (χ4n) is 4.93. The first-order valence-electron chi connectivity index (χ1n) is 11.2. The molecule has 2 aliphatic rings. The summed E-state index contributed by atoms with van der Waals surface area (Å²) >= 11 is 5.93. The van der Waals surface area contributed by atoms with Gasteiger partial charge in [-0.15, -0.1) is 0 Å². The third kappa shape index (κ3) is 4.69. The highest BCUT2D eigenvalue weighted by molar-refractivity contribution is 6.30. The second kappa shape index (κ2) is 10.5. The minimum Gasteiger partial charge on any atom is -0.466 e. The lowest BCUT2D eigenvalue weighted by Crippen LogP contribution is -2.49. The van der Waals surface area contributed by atoms with Crippen LogP contribution in [0.3, 0.4) is 0 Å². The summed E-state index contributed by atoms with van der Waals surface area (Å²) in [5, 5.41) is 13.2. The Morgan fingerprint density at radius 1 is 1.22 bits per heavy atom. The number of fused-ring (bicyclic) bond motifs is 1. The number of aliphatic hydroxyl groups is 1. The van der Waals surface area contributed by atoms with Crippen molar-refractivity contribution in [1.29, 1.82) is 0 Å². The summed E-state index contributed by atoms with van der Waals surface area (Å²) < 4.78 is 5.33. The molecule has 0 saturated carbocycles. The van der Waals surface area contributed by atoms with Crippen molar-refractivity contribution in [1.82, 2.24) is 4.90 Å². The number of allylic oxidation sites excluding steroid dienone is 1. The van der Waals surface area contributed by atoms with Gasteiger partial charge in [-0.25, -0.2) is 0 Å². The SMILES string of the molecule is CCC[C@@H]1C=C[C@H]2[C@H](C(=O)N([C@H](C)CO)[C@@H]2C(=O)Nc2ccc(Cl)cc2)[C@@H]1C(=O)OCC. The third-order valence-electron chi connectivity index (χ3n) is 6.35. The van der Waals surface area contributed by atoms with E-state index in [0.29, 0.717) is 10.7 Å². The molecule has 0 aromatic heterocycles. The molecule has 1 fully saturated rings. The first-order chi connectivity index (χ1) is 15.3. The summed E-state index contributed by atoms with van der Waals surface area (Å²) in [6.07, 6.45) is 5.45. The highest BCUT2D eigenvalue weighted by Gasteiger charge is 2.58. The second-order valence-electron chi connectivity index (χ2n) is 8.44. The molecule has 1 aromatic rings. The van der Waals surface area contributed by atoms with E-state index in [2.05, 4.69) is 5.32 Å². The quantitative estimate of drug-likeness (QED) is 0.456. The number of hydrogen-bond donors (Lipinski definition) is 2. The Bertz CT molecular complexity index is 872.